The fourth-order valence-electron chi connectivity index (χ4n) is 1.70. The van der Waals surface area contributed by atoms with Crippen molar-refractivity contribution in [2.45, 2.75) is 6.18 Å². The third-order valence-electron chi connectivity index (χ3n) is 2.69. The normalized spacial score (nSPS) is 11.3. The van der Waals surface area contributed by atoms with E-state index in [-0.39, 0.29) is 11.3 Å². The molecule has 2 aromatic rings. The maximum atomic E-state index is 12.4. The van der Waals surface area contributed by atoms with E-state index in [1.165, 1.54) is 18.3 Å². The number of primary amides is 1. The van der Waals surface area contributed by atoms with E-state index in [2.05, 4.69) is 0 Å². The van der Waals surface area contributed by atoms with Gasteiger partial charge in [-0.25, -0.2) is 0 Å². The number of benzene rings is 1. The number of alkyl halides is 3. The summed E-state index contributed by atoms with van der Waals surface area (Å²) in [6, 6.07) is 6.69. The smallest absolute Gasteiger partial charge is 0.365 e. The van der Waals surface area contributed by atoms with Crippen LogP contribution in [0.4, 0.5) is 13.2 Å². The lowest BCUT2D eigenvalue weighted by Gasteiger charge is -2.09. The molecule has 0 spiro atoms. The summed E-state index contributed by atoms with van der Waals surface area (Å²) in [5.41, 5.74) is 3.53. The van der Waals surface area contributed by atoms with Crippen molar-refractivity contribution in [1.29, 1.82) is 0 Å². The van der Waals surface area contributed by atoms with Gasteiger partial charge >= 0.3 is 6.18 Å². The Morgan fingerprint density at radius 2 is 1.70 bits per heavy atom. The highest BCUT2D eigenvalue weighted by Gasteiger charge is 2.30. The minimum Gasteiger partial charge on any atom is -0.365 e. The van der Waals surface area contributed by atoms with Gasteiger partial charge in [-0.1, -0.05) is 0 Å². The molecule has 1 heterocycles. The van der Waals surface area contributed by atoms with Crippen LogP contribution in [-0.2, 0) is 6.18 Å². The SMILES string of the molecule is NC(=O)c1cccn(-c2ccc(C(F)(F)F)cc2)c1=O. The molecule has 0 aliphatic heterocycles. The van der Waals surface area contributed by atoms with Gasteiger partial charge in [-0.2, -0.15) is 13.2 Å². The molecular weight excluding hydrogens is 273 g/mol. The molecule has 0 aliphatic carbocycles. The summed E-state index contributed by atoms with van der Waals surface area (Å²) in [4.78, 5) is 23.0. The lowest BCUT2D eigenvalue weighted by atomic mass is 10.2. The Bertz CT molecular complexity index is 703. The Morgan fingerprint density at radius 3 is 2.20 bits per heavy atom. The maximum Gasteiger partial charge on any atom is 0.416 e. The number of carbonyl (C=O) groups is 1. The lowest BCUT2D eigenvalue weighted by Crippen LogP contribution is -2.28. The standard InChI is InChI=1S/C13H9F3N2O2/c14-13(15,16)8-3-5-9(6-4-8)18-7-1-2-10(11(17)19)12(18)20/h1-7H,(H2,17,19). The van der Waals surface area contributed by atoms with Crippen LogP contribution in [0.5, 0.6) is 0 Å². The summed E-state index contributed by atoms with van der Waals surface area (Å²) in [7, 11) is 0. The van der Waals surface area contributed by atoms with Crippen molar-refractivity contribution in [3.63, 3.8) is 0 Å². The molecule has 0 bridgehead atoms. The Balaban J connectivity index is 2.51. The number of aromatic nitrogens is 1. The van der Waals surface area contributed by atoms with Crippen LogP contribution in [-0.4, -0.2) is 10.5 Å². The van der Waals surface area contributed by atoms with Crippen LogP contribution < -0.4 is 11.3 Å². The van der Waals surface area contributed by atoms with Gasteiger partial charge in [0.1, 0.15) is 5.56 Å². The van der Waals surface area contributed by atoms with Gasteiger partial charge in [0.2, 0.25) is 0 Å². The molecule has 2 N–H and O–H groups in total. The van der Waals surface area contributed by atoms with Crippen molar-refractivity contribution in [1.82, 2.24) is 4.57 Å². The van der Waals surface area contributed by atoms with Gasteiger partial charge in [-0.3, -0.25) is 14.2 Å². The number of nitrogens with zero attached hydrogens (tertiary/aromatic N) is 1. The van der Waals surface area contributed by atoms with Crippen LogP contribution in [0.1, 0.15) is 15.9 Å². The average Bonchev–Trinajstić information content (AvgIpc) is 2.38. The first kappa shape index (κ1) is 13.9. The Kier molecular flexibility index (Phi) is 3.35. The van der Waals surface area contributed by atoms with E-state index in [1.54, 1.807) is 0 Å². The van der Waals surface area contributed by atoms with Crippen LogP contribution in [0.2, 0.25) is 0 Å². The summed E-state index contributed by atoms with van der Waals surface area (Å²) >= 11 is 0. The minimum absolute atomic E-state index is 0.214. The highest BCUT2D eigenvalue weighted by Crippen LogP contribution is 2.29. The van der Waals surface area contributed by atoms with E-state index in [4.69, 9.17) is 5.73 Å². The third-order valence-corrected chi connectivity index (χ3v) is 2.69. The summed E-state index contributed by atoms with van der Waals surface area (Å²) in [6.45, 7) is 0. The van der Waals surface area contributed by atoms with Crippen LogP contribution >= 0.6 is 0 Å². The molecule has 1 aromatic heterocycles. The lowest BCUT2D eigenvalue weighted by molar-refractivity contribution is -0.137. The highest BCUT2D eigenvalue weighted by atomic mass is 19.4. The molecule has 0 saturated carbocycles. The van der Waals surface area contributed by atoms with Crippen molar-refractivity contribution in [2.75, 3.05) is 0 Å². The number of amides is 1. The van der Waals surface area contributed by atoms with Gasteiger partial charge < -0.3 is 5.73 Å². The van der Waals surface area contributed by atoms with Gasteiger partial charge in [-0.15, -0.1) is 0 Å². The molecule has 0 aliphatic rings. The fraction of sp³-hybridized carbons (Fsp3) is 0.0769. The minimum atomic E-state index is -4.45. The van der Waals surface area contributed by atoms with E-state index in [9.17, 15) is 22.8 Å². The molecule has 0 atom stereocenters. The quantitative estimate of drug-likeness (QED) is 0.915. The summed E-state index contributed by atoms with van der Waals surface area (Å²) < 4.78 is 38.4. The first-order valence-corrected chi connectivity index (χ1v) is 5.50. The predicted octanol–water partition coefficient (Wildman–Crippen LogP) is 1.96. The highest BCUT2D eigenvalue weighted by molar-refractivity contribution is 5.92. The number of rotatable bonds is 2. The molecule has 0 radical (unpaired) electrons. The zero-order chi connectivity index (χ0) is 14.9. The number of hydrogen-bond acceptors (Lipinski definition) is 2. The number of halogens is 3. The Labute approximate surface area is 111 Å². The first-order valence-electron chi connectivity index (χ1n) is 5.50. The zero-order valence-corrected chi connectivity index (χ0v) is 10.0. The van der Waals surface area contributed by atoms with Crippen LogP contribution in [0.3, 0.4) is 0 Å². The number of hydrogen-bond donors (Lipinski definition) is 1. The van der Waals surface area contributed by atoms with E-state index in [0.29, 0.717) is 0 Å². The molecule has 1 amide bonds. The van der Waals surface area contributed by atoms with E-state index < -0.39 is 23.2 Å². The molecule has 1 aromatic carbocycles. The van der Waals surface area contributed by atoms with Gasteiger partial charge in [0.05, 0.1) is 5.56 Å². The number of pyridine rings is 1. The second-order valence-corrected chi connectivity index (χ2v) is 4.01. The van der Waals surface area contributed by atoms with E-state index in [0.717, 1.165) is 28.8 Å². The zero-order valence-electron chi connectivity index (χ0n) is 10.0. The molecule has 7 heteroatoms. The topological polar surface area (TPSA) is 65.1 Å². The van der Waals surface area contributed by atoms with Crippen molar-refractivity contribution in [3.8, 4) is 5.69 Å². The number of nitrogens with two attached hydrogens (primary N) is 1. The predicted molar refractivity (Wildman–Crippen MR) is 65.6 cm³/mol. The van der Waals surface area contributed by atoms with E-state index >= 15 is 0 Å². The summed E-state index contributed by atoms with van der Waals surface area (Å²) in [5, 5.41) is 0. The molecule has 0 unspecified atom stereocenters. The summed E-state index contributed by atoms with van der Waals surface area (Å²) in [5.74, 6) is -0.892. The summed E-state index contributed by atoms with van der Waals surface area (Å²) in [6.07, 6.45) is -3.10. The molecule has 4 nitrogen and oxygen atoms in total. The molecular formula is C13H9F3N2O2. The van der Waals surface area contributed by atoms with Crippen LogP contribution in [0, 0.1) is 0 Å². The molecule has 2 rings (SSSR count). The van der Waals surface area contributed by atoms with Gasteiger partial charge in [0, 0.05) is 11.9 Å². The van der Waals surface area contributed by atoms with Crippen molar-refractivity contribution in [2.24, 2.45) is 5.73 Å². The van der Waals surface area contributed by atoms with Gasteiger partial charge in [0.25, 0.3) is 11.5 Å². The first-order chi connectivity index (χ1) is 9.30. The second kappa shape index (κ2) is 4.84. The molecule has 0 fully saturated rings. The molecule has 0 saturated heterocycles. The molecule has 20 heavy (non-hydrogen) atoms. The van der Waals surface area contributed by atoms with E-state index in [1.807, 2.05) is 0 Å². The Hall–Kier alpha value is -2.57. The van der Waals surface area contributed by atoms with Gasteiger partial charge in [-0.05, 0) is 36.4 Å². The van der Waals surface area contributed by atoms with Crippen molar-refractivity contribution in [3.05, 3.63) is 64.1 Å². The van der Waals surface area contributed by atoms with Gasteiger partial charge in [0.15, 0.2) is 0 Å². The fourth-order valence-corrected chi connectivity index (χ4v) is 1.70. The van der Waals surface area contributed by atoms with Crippen LogP contribution in [0.25, 0.3) is 5.69 Å². The van der Waals surface area contributed by atoms with Crippen molar-refractivity contribution >= 4 is 5.91 Å². The largest absolute Gasteiger partial charge is 0.416 e. The monoisotopic (exact) mass is 282 g/mol. The van der Waals surface area contributed by atoms with Crippen LogP contribution in [0.15, 0.2) is 47.4 Å². The third kappa shape index (κ3) is 2.56. The Morgan fingerprint density at radius 1 is 1.10 bits per heavy atom. The average molecular weight is 282 g/mol. The maximum absolute atomic E-state index is 12.4. The molecule has 104 valence electrons. The number of carbonyl (C=O) groups excluding carboxylic acids is 1. The van der Waals surface area contributed by atoms with Crippen molar-refractivity contribution < 1.29 is 18.0 Å². The second-order valence-electron chi connectivity index (χ2n) is 4.01.